The smallest absolute Gasteiger partial charge is 0.306 e. The van der Waals surface area contributed by atoms with E-state index < -0.39 is 5.97 Å². The Hall–Kier alpha value is -1.84. The fraction of sp³-hybridized carbons (Fsp3) is 0.429. The average molecular weight is 247 g/mol. The van der Waals surface area contributed by atoms with E-state index in [9.17, 15) is 9.59 Å². The monoisotopic (exact) mass is 247 g/mol. The fourth-order valence-electron chi connectivity index (χ4n) is 2.40. The number of carbonyl (C=O) groups excluding carboxylic acids is 1. The van der Waals surface area contributed by atoms with Crippen molar-refractivity contribution >= 4 is 11.9 Å². The Morgan fingerprint density at radius 1 is 1.22 bits per heavy atom. The van der Waals surface area contributed by atoms with E-state index in [1.54, 1.807) is 0 Å². The Morgan fingerprint density at radius 2 is 1.94 bits per heavy atom. The quantitative estimate of drug-likeness (QED) is 0.849. The first kappa shape index (κ1) is 12.6. The highest BCUT2D eigenvalue weighted by Crippen LogP contribution is 2.25. The van der Waals surface area contributed by atoms with Crippen LogP contribution in [0.1, 0.15) is 24.8 Å². The molecular formula is C14H17NO3. The van der Waals surface area contributed by atoms with Gasteiger partial charge in [-0.25, -0.2) is 0 Å². The van der Waals surface area contributed by atoms with Gasteiger partial charge in [0.25, 0.3) is 0 Å². The summed E-state index contributed by atoms with van der Waals surface area (Å²) in [5.41, 5.74) is 0.975. The Bertz CT molecular complexity index is 430. The first-order valence-corrected chi connectivity index (χ1v) is 6.21. The number of hydrogen-bond acceptors (Lipinski definition) is 2. The number of rotatable bonds is 4. The zero-order valence-electron chi connectivity index (χ0n) is 10.1. The number of nitrogens with one attached hydrogen (secondary N) is 1. The largest absolute Gasteiger partial charge is 0.481 e. The van der Waals surface area contributed by atoms with Crippen LogP contribution in [0.3, 0.4) is 0 Å². The van der Waals surface area contributed by atoms with Crippen molar-refractivity contribution in [3.8, 4) is 0 Å². The number of benzene rings is 1. The number of carboxylic acids is 1. The van der Waals surface area contributed by atoms with Crippen molar-refractivity contribution in [3.05, 3.63) is 35.9 Å². The molecule has 0 aromatic heterocycles. The van der Waals surface area contributed by atoms with Crippen LogP contribution in [-0.4, -0.2) is 23.0 Å². The molecule has 4 nitrogen and oxygen atoms in total. The van der Waals surface area contributed by atoms with Crippen LogP contribution in [0.4, 0.5) is 0 Å². The lowest BCUT2D eigenvalue weighted by atomic mass is 10.1. The molecule has 96 valence electrons. The highest BCUT2D eigenvalue weighted by Gasteiger charge is 2.30. The molecule has 1 fully saturated rings. The molecule has 0 heterocycles. The van der Waals surface area contributed by atoms with Crippen LogP contribution in [-0.2, 0) is 16.0 Å². The SMILES string of the molecule is O=C(Cc1ccccc1)N[C@H]1CC[C@@H](C(=O)O)C1. The molecule has 0 spiro atoms. The number of aliphatic carboxylic acids is 1. The minimum Gasteiger partial charge on any atom is -0.481 e. The first-order chi connectivity index (χ1) is 8.65. The molecule has 2 rings (SSSR count). The third kappa shape index (κ3) is 3.32. The van der Waals surface area contributed by atoms with Crippen molar-refractivity contribution in [2.24, 2.45) is 5.92 Å². The van der Waals surface area contributed by atoms with E-state index in [2.05, 4.69) is 5.32 Å². The predicted octanol–water partition coefficient (Wildman–Crippen LogP) is 1.60. The fourth-order valence-corrected chi connectivity index (χ4v) is 2.40. The van der Waals surface area contributed by atoms with Crippen LogP contribution >= 0.6 is 0 Å². The molecule has 4 heteroatoms. The van der Waals surface area contributed by atoms with Crippen LogP contribution in [0.2, 0.25) is 0 Å². The number of amides is 1. The third-order valence-corrected chi connectivity index (χ3v) is 3.35. The van der Waals surface area contributed by atoms with Crippen LogP contribution in [0.5, 0.6) is 0 Å². The predicted molar refractivity (Wildman–Crippen MR) is 67.1 cm³/mol. The molecule has 18 heavy (non-hydrogen) atoms. The van der Waals surface area contributed by atoms with Gasteiger partial charge in [-0.05, 0) is 24.8 Å². The van der Waals surface area contributed by atoms with Crippen molar-refractivity contribution in [2.45, 2.75) is 31.7 Å². The molecule has 1 saturated carbocycles. The van der Waals surface area contributed by atoms with Crippen LogP contribution in [0.25, 0.3) is 0 Å². The van der Waals surface area contributed by atoms with E-state index >= 15 is 0 Å². The Labute approximate surface area is 106 Å². The maximum atomic E-state index is 11.8. The average Bonchev–Trinajstić information content (AvgIpc) is 2.78. The minimum atomic E-state index is -0.755. The number of hydrogen-bond donors (Lipinski definition) is 2. The van der Waals surface area contributed by atoms with E-state index in [4.69, 9.17) is 5.11 Å². The van der Waals surface area contributed by atoms with Crippen LogP contribution in [0.15, 0.2) is 30.3 Å². The molecule has 0 radical (unpaired) electrons. The van der Waals surface area contributed by atoms with E-state index in [0.717, 1.165) is 12.0 Å². The first-order valence-electron chi connectivity index (χ1n) is 6.21. The van der Waals surface area contributed by atoms with Gasteiger partial charge in [-0.2, -0.15) is 0 Å². The Kier molecular flexibility index (Phi) is 3.97. The molecule has 0 bridgehead atoms. The van der Waals surface area contributed by atoms with Gasteiger partial charge in [0.2, 0.25) is 5.91 Å². The molecule has 1 aliphatic carbocycles. The zero-order valence-corrected chi connectivity index (χ0v) is 10.1. The lowest BCUT2D eigenvalue weighted by Gasteiger charge is -2.12. The molecule has 2 N–H and O–H groups in total. The van der Waals surface area contributed by atoms with Crippen molar-refractivity contribution in [2.75, 3.05) is 0 Å². The molecular weight excluding hydrogens is 230 g/mol. The summed E-state index contributed by atoms with van der Waals surface area (Å²) in [5, 5.41) is 11.8. The van der Waals surface area contributed by atoms with Gasteiger partial charge in [0.15, 0.2) is 0 Å². The van der Waals surface area contributed by atoms with Gasteiger partial charge in [0.05, 0.1) is 12.3 Å². The highest BCUT2D eigenvalue weighted by atomic mass is 16.4. The topological polar surface area (TPSA) is 66.4 Å². The molecule has 1 aliphatic rings. The van der Waals surface area contributed by atoms with Crippen molar-refractivity contribution in [3.63, 3.8) is 0 Å². The summed E-state index contributed by atoms with van der Waals surface area (Å²) in [6, 6.07) is 9.55. The van der Waals surface area contributed by atoms with Gasteiger partial charge < -0.3 is 10.4 Å². The molecule has 0 saturated heterocycles. The second-order valence-electron chi connectivity index (χ2n) is 4.78. The number of carbonyl (C=O) groups is 2. The zero-order chi connectivity index (χ0) is 13.0. The maximum absolute atomic E-state index is 11.8. The molecule has 1 aromatic rings. The van der Waals surface area contributed by atoms with Crippen molar-refractivity contribution in [1.29, 1.82) is 0 Å². The lowest BCUT2D eigenvalue weighted by Crippen LogP contribution is -2.34. The van der Waals surface area contributed by atoms with Gasteiger partial charge >= 0.3 is 5.97 Å². The third-order valence-electron chi connectivity index (χ3n) is 3.35. The summed E-state index contributed by atoms with van der Waals surface area (Å²) in [6.07, 6.45) is 2.33. The summed E-state index contributed by atoms with van der Waals surface area (Å²) in [6.45, 7) is 0. The Balaban J connectivity index is 1.80. The van der Waals surface area contributed by atoms with E-state index in [1.165, 1.54) is 0 Å². The molecule has 1 amide bonds. The van der Waals surface area contributed by atoms with Gasteiger partial charge in [-0.1, -0.05) is 30.3 Å². The van der Waals surface area contributed by atoms with Gasteiger partial charge in [-0.15, -0.1) is 0 Å². The summed E-state index contributed by atoms with van der Waals surface area (Å²) < 4.78 is 0. The van der Waals surface area contributed by atoms with Gasteiger partial charge in [0.1, 0.15) is 0 Å². The van der Waals surface area contributed by atoms with Crippen LogP contribution < -0.4 is 5.32 Å². The van der Waals surface area contributed by atoms with E-state index in [0.29, 0.717) is 19.3 Å². The summed E-state index contributed by atoms with van der Waals surface area (Å²) in [7, 11) is 0. The summed E-state index contributed by atoms with van der Waals surface area (Å²) in [5.74, 6) is -1.08. The highest BCUT2D eigenvalue weighted by molar-refractivity contribution is 5.79. The lowest BCUT2D eigenvalue weighted by molar-refractivity contribution is -0.141. The van der Waals surface area contributed by atoms with Gasteiger partial charge in [-0.3, -0.25) is 9.59 Å². The van der Waals surface area contributed by atoms with Crippen molar-refractivity contribution < 1.29 is 14.7 Å². The summed E-state index contributed by atoms with van der Waals surface area (Å²) in [4.78, 5) is 22.6. The van der Waals surface area contributed by atoms with E-state index in [-0.39, 0.29) is 17.9 Å². The second-order valence-corrected chi connectivity index (χ2v) is 4.78. The minimum absolute atomic E-state index is 0.0160. The molecule has 2 atom stereocenters. The maximum Gasteiger partial charge on any atom is 0.306 e. The van der Waals surface area contributed by atoms with E-state index in [1.807, 2.05) is 30.3 Å². The standard InChI is InChI=1S/C14H17NO3/c16-13(8-10-4-2-1-3-5-10)15-12-7-6-11(9-12)14(17)18/h1-5,11-12H,6-9H2,(H,15,16)(H,17,18)/t11-,12+/m1/s1. The van der Waals surface area contributed by atoms with Gasteiger partial charge in [0, 0.05) is 6.04 Å². The Morgan fingerprint density at radius 3 is 2.56 bits per heavy atom. The number of carboxylic acid groups (broad SMARTS) is 1. The molecule has 0 aliphatic heterocycles. The van der Waals surface area contributed by atoms with Crippen molar-refractivity contribution in [1.82, 2.24) is 5.32 Å². The van der Waals surface area contributed by atoms with Crippen LogP contribution in [0, 0.1) is 5.92 Å². The normalized spacial score (nSPS) is 22.7. The summed E-state index contributed by atoms with van der Waals surface area (Å²) >= 11 is 0. The molecule has 0 unspecified atom stereocenters. The molecule has 1 aromatic carbocycles. The second kappa shape index (κ2) is 5.67.